The first kappa shape index (κ1) is 16.8. The van der Waals surface area contributed by atoms with Crippen LogP contribution in [0.2, 0.25) is 0 Å². The van der Waals surface area contributed by atoms with Gasteiger partial charge in [-0.3, -0.25) is 9.69 Å². The molecule has 2 heterocycles. The molecule has 1 aliphatic rings. The average Bonchev–Trinajstić information content (AvgIpc) is 3.00. The summed E-state index contributed by atoms with van der Waals surface area (Å²) in [6, 6.07) is 6.82. The van der Waals surface area contributed by atoms with Gasteiger partial charge in [-0.15, -0.1) is 5.10 Å². The van der Waals surface area contributed by atoms with Crippen molar-refractivity contribution in [1.82, 2.24) is 30.0 Å². The Labute approximate surface area is 143 Å². The number of nitrogens with zero attached hydrogens (tertiary/aromatic N) is 6. The first-order valence-electron chi connectivity index (χ1n) is 7.72. The molecule has 1 aliphatic heterocycles. The van der Waals surface area contributed by atoms with Crippen LogP contribution in [-0.4, -0.2) is 67.8 Å². The zero-order valence-corrected chi connectivity index (χ0v) is 14.2. The molecule has 1 saturated heterocycles. The SMILES string of the molecule is Cn1nnnc1SCC(=O)N1CCN(Cc2ccccc2F)CC1. The first-order chi connectivity index (χ1) is 11.6. The monoisotopic (exact) mass is 350 g/mol. The van der Waals surface area contributed by atoms with Crippen molar-refractivity contribution >= 4 is 17.7 Å². The van der Waals surface area contributed by atoms with E-state index < -0.39 is 0 Å². The minimum atomic E-state index is -0.176. The van der Waals surface area contributed by atoms with E-state index >= 15 is 0 Å². The van der Waals surface area contributed by atoms with Crippen molar-refractivity contribution in [2.45, 2.75) is 11.7 Å². The van der Waals surface area contributed by atoms with Gasteiger partial charge in [0.2, 0.25) is 11.1 Å². The Kier molecular flexibility index (Phi) is 5.41. The standard InChI is InChI=1S/C15H19FN6OS/c1-20-15(17-18-19-20)24-11-14(23)22-8-6-21(7-9-22)10-12-4-2-3-5-13(12)16/h2-5H,6-11H2,1H3. The maximum atomic E-state index is 13.7. The zero-order valence-electron chi connectivity index (χ0n) is 13.4. The van der Waals surface area contributed by atoms with Crippen molar-refractivity contribution < 1.29 is 9.18 Å². The second kappa shape index (κ2) is 7.71. The molecule has 3 rings (SSSR count). The van der Waals surface area contributed by atoms with E-state index in [1.54, 1.807) is 23.9 Å². The molecule has 0 radical (unpaired) electrons. The third-order valence-electron chi connectivity index (χ3n) is 3.98. The van der Waals surface area contributed by atoms with E-state index in [0.29, 0.717) is 36.1 Å². The number of benzene rings is 1. The molecule has 2 aromatic rings. The van der Waals surface area contributed by atoms with Gasteiger partial charge in [-0.1, -0.05) is 30.0 Å². The minimum absolute atomic E-state index is 0.0774. The molecular weight excluding hydrogens is 331 g/mol. The first-order valence-corrected chi connectivity index (χ1v) is 8.71. The Balaban J connectivity index is 1.45. The van der Waals surface area contributed by atoms with E-state index in [-0.39, 0.29) is 11.7 Å². The minimum Gasteiger partial charge on any atom is -0.339 e. The lowest BCUT2D eigenvalue weighted by Gasteiger charge is -2.34. The zero-order chi connectivity index (χ0) is 16.9. The van der Waals surface area contributed by atoms with Gasteiger partial charge in [0.25, 0.3) is 0 Å². The highest BCUT2D eigenvalue weighted by molar-refractivity contribution is 7.99. The Morgan fingerprint density at radius 1 is 1.25 bits per heavy atom. The summed E-state index contributed by atoms with van der Waals surface area (Å²) in [7, 11) is 1.74. The normalized spacial score (nSPS) is 15.7. The molecular formula is C15H19FN6OS. The second-order valence-electron chi connectivity index (χ2n) is 5.62. The number of hydrogen-bond acceptors (Lipinski definition) is 6. The molecule has 1 fully saturated rings. The van der Waals surface area contributed by atoms with Crippen molar-refractivity contribution in [2.24, 2.45) is 7.05 Å². The molecule has 0 aliphatic carbocycles. The molecule has 128 valence electrons. The van der Waals surface area contributed by atoms with E-state index in [0.717, 1.165) is 13.1 Å². The van der Waals surface area contributed by atoms with Crippen LogP contribution in [0.15, 0.2) is 29.4 Å². The Hall–Kier alpha value is -2.00. The van der Waals surface area contributed by atoms with Gasteiger partial charge in [0.05, 0.1) is 5.75 Å². The predicted molar refractivity (Wildman–Crippen MR) is 87.8 cm³/mol. The summed E-state index contributed by atoms with van der Waals surface area (Å²) in [6.45, 7) is 3.39. The lowest BCUT2D eigenvalue weighted by atomic mass is 10.2. The van der Waals surface area contributed by atoms with E-state index in [4.69, 9.17) is 0 Å². The summed E-state index contributed by atoms with van der Waals surface area (Å²) >= 11 is 1.33. The van der Waals surface area contributed by atoms with Crippen molar-refractivity contribution in [1.29, 1.82) is 0 Å². The predicted octanol–water partition coefficient (Wildman–Crippen LogP) is 0.786. The number of halogens is 1. The number of piperazine rings is 1. The summed E-state index contributed by atoms with van der Waals surface area (Å²) in [6.07, 6.45) is 0. The van der Waals surface area contributed by atoms with Crippen LogP contribution in [0.3, 0.4) is 0 Å². The molecule has 0 N–H and O–H groups in total. The van der Waals surface area contributed by atoms with Gasteiger partial charge in [-0.05, 0) is 16.5 Å². The number of hydrogen-bond donors (Lipinski definition) is 0. The lowest BCUT2D eigenvalue weighted by Crippen LogP contribution is -2.48. The van der Waals surface area contributed by atoms with Gasteiger partial charge in [-0.25, -0.2) is 9.07 Å². The molecule has 1 aromatic heterocycles. The van der Waals surface area contributed by atoms with Crippen LogP contribution in [0.4, 0.5) is 4.39 Å². The third-order valence-corrected chi connectivity index (χ3v) is 4.98. The highest BCUT2D eigenvalue weighted by atomic mass is 32.2. The summed E-state index contributed by atoms with van der Waals surface area (Å²) in [5.74, 6) is 0.222. The maximum Gasteiger partial charge on any atom is 0.233 e. The lowest BCUT2D eigenvalue weighted by molar-refractivity contribution is -0.130. The topological polar surface area (TPSA) is 67.2 Å². The summed E-state index contributed by atoms with van der Waals surface area (Å²) in [5, 5.41) is 11.8. The number of carbonyl (C=O) groups is 1. The summed E-state index contributed by atoms with van der Waals surface area (Å²) in [4.78, 5) is 16.3. The quantitative estimate of drug-likeness (QED) is 0.743. The van der Waals surface area contributed by atoms with Crippen LogP contribution in [0, 0.1) is 5.82 Å². The third kappa shape index (κ3) is 4.09. The highest BCUT2D eigenvalue weighted by Crippen LogP contribution is 2.15. The Bertz CT molecular complexity index is 701. The van der Waals surface area contributed by atoms with Gasteiger partial charge < -0.3 is 4.90 Å². The average molecular weight is 350 g/mol. The van der Waals surface area contributed by atoms with Crippen LogP contribution >= 0.6 is 11.8 Å². The van der Waals surface area contributed by atoms with Gasteiger partial charge >= 0.3 is 0 Å². The number of aromatic nitrogens is 4. The molecule has 1 amide bonds. The molecule has 0 atom stereocenters. The molecule has 7 nitrogen and oxygen atoms in total. The van der Waals surface area contributed by atoms with Crippen molar-refractivity contribution in [3.63, 3.8) is 0 Å². The molecule has 1 aromatic carbocycles. The van der Waals surface area contributed by atoms with Gasteiger partial charge in [0.15, 0.2) is 0 Å². The van der Waals surface area contributed by atoms with E-state index in [1.807, 2.05) is 11.0 Å². The molecule has 0 saturated carbocycles. The van der Waals surface area contributed by atoms with Crippen LogP contribution in [-0.2, 0) is 18.4 Å². The smallest absolute Gasteiger partial charge is 0.233 e. The van der Waals surface area contributed by atoms with E-state index in [2.05, 4.69) is 20.4 Å². The Morgan fingerprint density at radius 3 is 2.67 bits per heavy atom. The number of rotatable bonds is 5. The molecule has 24 heavy (non-hydrogen) atoms. The van der Waals surface area contributed by atoms with Gasteiger partial charge in [-0.2, -0.15) is 0 Å². The number of tetrazole rings is 1. The van der Waals surface area contributed by atoms with E-state index in [1.165, 1.54) is 17.8 Å². The van der Waals surface area contributed by atoms with Gasteiger partial charge in [0, 0.05) is 45.3 Å². The molecule has 9 heteroatoms. The van der Waals surface area contributed by atoms with Crippen LogP contribution < -0.4 is 0 Å². The van der Waals surface area contributed by atoms with Crippen LogP contribution in [0.25, 0.3) is 0 Å². The van der Waals surface area contributed by atoms with Crippen LogP contribution in [0.5, 0.6) is 0 Å². The van der Waals surface area contributed by atoms with Crippen molar-refractivity contribution in [3.05, 3.63) is 35.6 Å². The summed E-state index contributed by atoms with van der Waals surface area (Å²) < 4.78 is 15.3. The number of amides is 1. The highest BCUT2D eigenvalue weighted by Gasteiger charge is 2.22. The second-order valence-corrected chi connectivity index (χ2v) is 6.56. The molecule has 0 unspecified atom stereocenters. The molecule has 0 spiro atoms. The number of carbonyl (C=O) groups excluding carboxylic acids is 1. The Morgan fingerprint density at radius 2 is 2.00 bits per heavy atom. The largest absolute Gasteiger partial charge is 0.339 e. The van der Waals surface area contributed by atoms with Gasteiger partial charge in [0.1, 0.15) is 5.82 Å². The van der Waals surface area contributed by atoms with Crippen molar-refractivity contribution in [3.8, 4) is 0 Å². The fourth-order valence-corrected chi connectivity index (χ4v) is 3.34. The summed E-state index contributed by atoms with van der Waals surface area (Å²) in [5.41, 5.74) is 0.697. The fourth-order valence-electron chi connectivity index (χ4n) is 2.58. The van der Waals surface area contributed by atoms with Crippen LogP contribution in [0.1, 0.15) is 5.56 Å². The molecule has 0 bridgehead atoms. The van der Waals surface area contributed by atoms with Crippen molar-refractivity contribution in [2.75, 3.05) is 31.9 Å². The van der Waals surface area contributed by atoms with E-state index in [9.17, 15) is 9.18 Å². The maximum absolute atomic E-state index is 13.7. The fraction of sp³-hybridized carbons (Fsp3) is 0.467. The number of thioether (sulfide) groups is 1. The number of aryl methyl sites for hydroxylation is 1.